The molecule has 8 heteroatoms. The van der Waals surface area contributed by atoms with Gasteiger partial charge in [0.05, 0.1) is 54.0 Å². The molecule has 1 saturated carbocycles. The van der Waals surface area contributed by atoms with E-state index in [9.17, 15) is 10.1 Å². The predicted octanol–water partition coefficient (Wildman–Crippen LogP) is 4.68. The topological polar surface area (TPSA) is 93.3 Å². The van der Waals surface area contributed by atoms with Gasteiger partial charge in [0.2, 0.25) is 5.88 Å². The molecule has 1 aromatic carbocycles. The summed E-state index contributed by atoms with van der Waals surface area (Å²) in [5.74, 6) is 0.542. The molecule has 1 spiro atoms. The monoisotopic (exact) mass is 445 g/mol. The Morgan fingerprint density at radius 3 is 2.88 bits per heavy atom. The molecule has 1 amide bonds. The third-order valence-corrected chi connectivity index (χ3v) is 6.76. The number of pyridine rings is 1. The smallest absolute Gasteiger partial charge is 0.415 e. The van der Waals surface area contributed by atoms with E-state index in [-0.39, 0.29) is 11.5 Å². The van der Waals surface area contributed by atoms with Crippen molar-refractivity contribution in [1.82, 2.24) is 14.5 Å². The molecule has 0 unspecified atom stereocenters. The fourth-order valence-corrected chi connectivity index (χ4v) is 5.40. The Bertz CT molecular complexity index is 1230. The maximum atomic E-state index is 12.8. The summed E-state index contributed by atoms with van der Waals surface area (Å²) in [6.45, 7) is 5.97. The molecule has 2 aromatic heterocycles. The largest absolute Gasteiger partial charge is 0.478 e. The van der Waals surface area contributed by atoms with Crippen LogP contribution in [0.5, 0.6) is 5.88 Å². The molecule has 0 bridgehead atoms. The van der Waals surface area contributed by atoms with E-state index in [1.807, 2.05) is 31.5 Å². The normalized spacial score (nSPS) is 24.8. The molecule has 0 radical (unpaired) electrons. The summed E-state index contributed by atoms with van der Waals surface area (Å²) in [6.07, 6.45) is 6.82. The molecule has 0 N–H and O–H groups in total. The van der Waals surface area contributed by atoms with Gasteiger partial charge in [-0.25, -0.2) is 14.8 Å². The first kappa shape index (κ1) is 21.3. The Morgan fingerprint density at radius 2 is 2.12 bits per heavy atom. The van der Waals surface area contributed by atoms with Gasteiger partial charge in [-0.15, -0.1) is 0 Å². The van der Waals surface area contributed by atoms with Crippen LogP contribution in [0.3, 0.4) is 0 Å². The first-order valence-corrected chi connectivity index (χ1v) is 11.4. The molecule has 2 fully saturated rings. The van der Waals surface area contributed by atoms with Gasteiger partial charge in [0.25, 0.3) is 0 Å². The van der Waals surface area contributed by atoms with Crippen LogP contribution in [0, 0.1) is 16.7 Å². The van der Waals surface area contributed by atoms with Gasteiger partial charge in [0.1, 0.15) is 5.60 Å². The van der Waals surface area contributed by atoms with E-state index in [0.29, 0.717) is 24.6 Å². The van der Waals surface area contributed by atoms with Crippen LogP contribution in [0.25, 0.3) is 11.0 Å². The lowest BCUT2D eigenvalue weighted by molar-refractivity contribution is -0.0264. The van der Waals surface area contributed by atoms with E-state index < -0.39 is 5.60 Å². The van der Waals surface area contributed by atoms with Crippen LogP contribution in [-0.2, 0) is 11.3 Å². The Balaban J connectivity index is 1.36. The maximum absolute atomic E-state index is 12.8. The summed E-state index contributed by atoms with van der Waals surface area (Å²) in [4.78, 5) is 23.3. The zero-order valence-electron chi connectivity index (χ0n) is 19.0. The molecule has 1 aliphatic heterocycles. The Kier molecular flexibility index (Phi) is 5.20. The molecule has 8 nitrogen and oxygen atoms in total. The Morgan fingerprint density at radius 1 is 1.24 bits per heavy atom. The van der Waals surface area contributed by atoms with Crippen molar-refractivity contribution in [2.24, 2.45) is 5.41 Å². The highest BCUT2D eigenvalue weighted by Crippen LogP contribution is 2.48. The highest BCUT2D eigenvalue weighted by Gasteiger charge is 2.51. The van der Waals surface area contributed by atoms with Gasteiger partial charge in [-0.05, 0) is 62.3 Å². The van der Waals surface area contributed by atoms with Crippen molar-refractivity contribution in [3.63, 3.8) is 0 Å². The first-order valence-electron chi connectivity index (χ1n) is 11.4. The van der Waals surface area contributed by atoms with E-state index in [1.165, 1.54) is 0 Å². The van der Waals surface area contributed by atoms with Crippen LogP contribution < -0.4 is 9.64 Å². The van der Waals surface area contributed by atoms with Crippen LogP contribution in [0.1, 0.15) is 45.1 Å². The average Bonchev–Trinajstić information content (AvgIpc) is 3.33. The van der Waals surface area contributed by atoms with Crippen molar-refractivity contribution in [3.05, 3.63) is 48.4 Å². The minimum absolute atomic E-state index is 0.0676. The number of rotatable bonds is 5. The van der Waals surface area contributed by atoms with Crippen molar-refractivity contribution in [2.45, 2.75) is 51.7 Å². The van der Waals surface area contributed by atoms with Gasteiger partial charge in [0.15, 0.2) is 0 Å². The van der Waals surface area contributed by atoms with Crippen molar-refractivity contribution < 1.29 is 14.3 Å². The first-order chi connectivity index (χ1) is 15.9. The van der Waals surface area contributed by atoms with E-state index >= 15 is 0 Å². The molecule has 5 rings (SSSR count). The fourth-order valence-electron chi connectivity index (χ4n) is 5.40. The van der Waals surface area contributed by atoms with Crippen LogP contribution >= 0.6 is 0 Å². The summed E-state index contributed by atoms with van der Waals surface area (Å²) in [7, 11) is 0. The zero-order valence-corrected chi connectivity index (χ0v) is 19.0. The third-order valence-electron chi connectivity index (χ3n) is 6.76. The number of benzene rings is 1. The van der Waals surface area contributed by atoms with Crippen LogP contribution in [0.15, 0.2) is 42.9 Å². The molecule has 33 heavy (non-hydrogen) atoms. The number of nitrogens with zero attached hydrogens (tertiary/aromatic N) is 5. The van der Waals surface area contributed by atoms with Gasteiger partial charge >= 0.3 is 6.09 Å². The number of carbonyl (C=O) groups excluding carboxylic acids is 1. The Labute approximate surface area is 192 Å². The van der Waals surface area contributed by atoms with E-state index in [0.717, 1.165) is 48.9 Å². The van der Waals surface area contributed by atoms with Crippen LogP contribution in [0.2, 0.25) is 0 Å². The van der Waals surface area contributed by atoms with Crippen LogP contribution in [0.4, 0.5) is 10.5 Å². The molecular formula is C25H27N5O3. The number of amides is 1. The lowest BCUT2D eigenvalue weighted by atomic mass is 9.68. The lowest BCUT2D eigenvalue weighted by Gasteiger charge is -2.43. The van der Waals surface area contributed by atoms with E-state index in [1.54, 1.807) is 23.2 Å². The SMILES string of the molecule is CCOc1ccc(N2C[C@@]3(CCC[C@](C)(Cn4cnc5ccc(C#N)cc54)C3)OC2=O)cn1. The molecule has 1 saturated heterocycles. The van der Waals surface area contributed by atoms with Crippen molar-refractivity contribution in [2.75, 3.05) is 18.1 Å². The summed E-state index contributed by atoms with van der Waals surface area (Å²) >= 11 is 0. The number of anilines is 1. The summed E-state index contributed by atoms with van der Waals surface area (Å²) in [5.41, 5.74) is 2.60. The van der Waals surface area contributed by atoms with E-state index in [2.05, 4.69) is 27.5 Å². The summed E-state index contributed by atoms with van der Waals surface area (Å²) in [6, 6.07) is 11.4. The second-order valence-corrected chi connectivity index (χ2v) is 9.45. The van der Waals surface area contributed by atoms with Gasteiger partial charge < -0.3 is 14.0 Å². The summed E-state index contributed by atoms with van der Waals surface area (Å²) in [5, 5.41) is 9.28. The molecular weight excluding hydrogens is 418 g/mol. The molecule has 2 aliphatic rings. The lowest BCUT2D eigenvalue weighted by Crippen LogP contribution is -2.45. The Hall–Kier alpha value is -3.60. The second-order valence-electron chi connectivity index (χ2n) is 9.45. The predicted molar refractivity (Wildman–Crippen MR) is 123 cm³/mol. The zero-order chi connectivity index (χ0) is 23.1. The minimum atomic E-state index is -0.517. The van der Waals surface area contributed by atoms with Gasteiger partial charge in [-0.2, -0.15) is 5.26 Å². The van der Waals surface area contributed by atoms with Crippen molar-refractivity contribution in [1.29, 1.82) is 5.26 Å². The number of nitriles is 1. The number of fused-ring (bicyclic) bond motifs is 1. The van der Waals surface area contributed by atoms with Gasteiger partial charge in [0, 0.05) is 12.6 Å². The van der Waals surface area contributed by atoms with E-state index in [4.69, 9.17) is 9.47 Å². The number of hydrogen-bond acceptors (Lipinski definition) is 6. The molecule has 3 heterocycles. The number of aromatic nitrogens is 3. The molecule has 170 valence electrons. The van der Waals surface area contributed by atoms with Crippen LogP contribution in [-0.4, -0.2) is 39.4 Å². The highest BCUT2D eigenvalue weighted by molar-refractivity contribution is 5.90. The van der Waals surface area contributed by atoms with Gasteiger partial charge in [-0.1, -0.05) is 6.92 Å². The summed E-state index contributed by atoms with van der Waals surface area (Å²) < 4.78 is 13.6. The number of ether oxygens (including phenoxy) is 2. The third kappa shape index (κ3) is 3.99. The molecule has 3 aromatic rings. The number of imidazole rings is 1. The molecule has 2 atom stereocenters. The quantitative estimate of drug-likeness (QED) is 0.566. The average molecular weight is 446 g/mol. The second kappa shape index (κ2) is 8.07. The van der Waals surface area contributed by atoms with Crippen molar-refractivity contribution >= 4 is 22.8 Å². The minimum Gasteiger partial charge on any atom is -0.478 e. The molecule has 1 aliphatic carbocycles. The highest BCUT2D eigenvalue weighted by atomic mass is 16.6. The van der Waals surface area contributed by atoms with Gasteiger partial charge in [-0.3, -0.25) is 4.90 Å². The number of hydrogen-bond donors (Lipinski definition) is 0. The number of carbonyl (C=O) groups is 1. The standard InChI is InChI=1S/C25H27N5O3/c1-3-32-22-8-6-19(13-27-22)30-16-25(33-23(30)31)10-4-9-24(2,14-25)15-29-17-28-20-7-5-18(12-26)11-21(20)29/h5-8,11,13,17H,3-4,9-10,14-16H2,1-2H3/t24-,25-/m0/s1. The van der Waals surface area contributed by atoms with Crippen molar-refractivity contribution in [3.8, 4) is 11.9 Å². The maximum Gasteiger partial charge on any atom is 0.415 e. The fraction of sp³-hybridized carbons (Fsp3) is 0.440.